The molecule has 2 saturated heterocycles. The van der Waals surface area contributed by atoms with E-state index in [1.807, 2.05) is 17.8 Å². The van der Waals surface area contributed by atoms with Gasteiger partial charge in [-0.3, -0.25) is 10.1 Å². The molecule has 0 radical (unpaired) electrons. The molecular formula is C17H24N2OS. The van der Waals surface area contributed by atoms with E-state index in [1.165, 1.54) is 11.3 Å². The largest absolute Gasteiger partial charge is 0.318 e. The van der Waals surface area contributed by atoms with Gasteiger partial charge < -0.3 is 4.90 Å². The lowest BCUT2D eigenvalue weighted by atomic mass is 10.0. The van der Waals surface area contributed by atoms with E-state index in [2.05, 4.69) is 48.3 Å². The predicted octanol–water partition coefficient (Wildman–Crippen LogP) is 3.04. The molecule has 0 bridgehead atoms. The Morgan fingerprint density at radius 1 is 1.33 bits per heavy atom. The number of carbonyl (C=O) groups is 1. The summed E-state index contributed by atoms with van der Waals surface area (Å²) in [7, 11) is 0. The number of thioether (sulfide) groups is 1. The number of nitrogens with zero attached hydrogens (tertiary/aromatic N) is 1. The summed E-state index contributed by atoms with van der Waals surface area (Å²) in [5.74, 6) is 3.07. The first kappa shape index (κ1) is 14.9. The van der Waals surface area contributed by atoms with Crippen LogP contribution in [0, 0.1) is 5.92 Å². The van der Waals surface area contributed by atoms with Gasteiger partial charge in [-0.25, -0.2) is 0 Å². The molecule has 1 aromatic carbocycles. The van der Waals surface area contributed by atoms with Crippen LogP contribution in [0.25, 0.3) is 0 Å². The molecule has 1 amide bonds. The molecule has 3 nitrogen and oxygen atoms in total. The molecule has 0 spiro atoms. The Kier molecular flexibility index (Phi) is 4.55. The molecule has 1 N–H and O–H groups in total. The maximum atomic E-state index is 12.9. The van der Waals surface area contributed by atoms with Crippen LogP contribution in [0.2, 0.25) is 0 Å². The van der Waals surface area contributed by atoms with E-state index in [0.29, 0.717) is 17.9 Å². The number of hydrogen-bond acceptors (Lipinski definition) is 3. The van der Waals surface area contributed by atoms with Crippen LogP contribution >= 0.6 is 11.8 Å². The Labute approximate surface area is 131 Å². The third-order valence-electron chi connectivity index (χ3n) is 4.31. The Bertz CT molecular complexity index is 485. The topological polar surface area (TPSA) is 32.3 Å². The monoisotopic (exact) mass is 304 g/mol. The van der Waals surface area contributed by atoms with E-state index >= 15 is 0 Å². The number of amides is 1. The number of hydrogen-bond donors (Lipinski definition) is 1. The lowest BCUT2D eigenvalue weighted by Crippen LogP contribution is -2.40. The zero-order valence-corrected chi connectivity index (χ0v) is 13.6. The summed E-state index contributed by atoms with van der Waals surface area (Å²) in [6.45, 7) is 4.36. The number of nitrogens with one attached hydrogen (secondary N) is 1. The van der Waals surface area contributed by atoms with Gasteiger partial charge in [0.25, 0.3) is 0 Å². The van der Waals surface area contributed by atoms with Crippen molar-refractivity contribution in [3.8, 4) is 0 Å². The summed E-state index contributed by atoms with van der Waals surface area (Å²) in [4.78, 5) is 15.0. The molecule has 2 aliphatic heterocycles. The van der Waals surface area contributed by atoms with E-state index in [1.54, 1.807) is 0 Å². The zero-order valence-electron chi connectivity index (χ0n) is 12.8. The van der Waals surface area contributed by atoms with Crippen molar-refractivity contribution in [2.45, 2.75) is 44.9 Å². The highest BCUT2D eigenvalue weighted by Crippen LogP contribution is 2.34. The summed E-state index contributed by atoms with van der Waals surface area (Å²) in [5, 5.41) is 3.58. The van der Waals surface area contributed by atoms with Gasteiger partial charge in [-0.05, 0) is 30.1 Å². The third-order valence-corrected chi connectivity index (χ3v) is 5.46. The van der Waals surface area contributed by atoms with Gasteiger partial charge in [-0.15, -0.1) is 0 Å². The molecule has 1 aromatic rings. The lowest BCUT2D eigenvalue weighted by Gasteiger charge is -2.30. The van der Waals surface area contributed by atoms with Crippen molar-refractivity contribution in [3.63, 3.8) is 0 Å². The van der Waals surface area contributed by atoms with Gasteiger partial charge in [0.05, 0.1) is 6.04 Å². The molecular weight excluding hydrogens is 280 g/mol. The van der Waals surface area contributed by atoms with E-state index in [0.717, 1.165) is 18.6 Å². The van der Waals surface area contributed by atoms with Crippen molar-refractivity contribution < 1.29 is 4.79 Å². The normalized spacial score (nSPS) is 29.6. The maximum Gasteiger partial charge on any atom is 0.241 e. The standard InChI is InChI=1S/C17H24N2OS/c1-12(2)10-15-17(20)19(14-8-9-21-11-14)16(18-15)13-6-4-3-5-7-13/h3-7,12,14-16,18H,8-11H2,1-2H3. The molecule has 4 heteroatoms. The van der Waals surface area contributed by atoms with E-state index in [9.17, 15) is 4.79 Å². The highest BCUT2D eigenvalue weighted by Gasteiger charge is 2.43. The van der Waals surface area contributed by atoms with Crippen molar-refractivity contribution in [3.05, 3.63) is 35.9 Å². The fourth-order valence-corrected chi connectivity index (χ4v) is 4.52. The van der Waals surface area contributed by atoms with Gasteiger partial charge in [0.2, 0.25) is 5.91 Å². The molecule has 114 valence electrons. The van der Waals surface area contributed by atoms with Crippen LogP contribution in [0.5, 0.6) is 0 Å². The van der Waals surface area contributed by atoms with E-state index < -0.39 is 0 Å². The maximum absolute atomic E-state index is 12.9. The Balaban J connectivity index is 1.86. The first-order valence-corrected chi connectivity index (χ1v) is 9.03. The van der Waals surface area contributed by atoms with Crippen molar-refractivity contribution >= 4 is 17.7 Å². The minimum Gasteiger partial charge on any atom is -0.318 e. The number of carbonyl (C=O) groups excluding carboxylic acids is 1. The molecule has 3 rings (SSSR count). The Morgan fingerprint density at radius 2 is 2.10 bits per heavy atom. The van der Waals surface area contributed by atoms with Gasteiger partial charge in [-0.2, -0.15) is 11.8 Å². The van der Waals surface area contributed by atoms with E-state index in [4.69, 9.17) is 0 Å². The summed E-state index contributed by atoms with van der Waals surface area (Å²) in [6.07, 6.45) is 2.08. The first-order chi connectivity index (χ1) is 10.2. The van der Waals surface area contributed by atoms with Gasteiger partial charge in [0.1, 0.15) is 6.17 Å². The first-order valence-electron chi connectivity index (χ1n) is 7.87. The third kappa shape index (κ3) is 3.11. The summed E-state index contributed by atoms with van der Waals surface area (Å²) < 4.78 is 0. The second-order valence-corrected chi connectivity index (χ2v) is 7.57. The van der Waals surface area contributed by atoms with Gasteiger partial charge in [-0.1, -0.05) is 44.2 Å². The molecule has 21 heavy (non-hydrogen) atoms. The van der Waals surface area contributed by atoms with Gasteiger partial charge in [0.15, 0.2) is 0 Å². The molecule has 2 fully saturated rings. The molecule has 2 aliphatic rings. The average Bonchev–Trinajstić information content (AvgIpc) is 3.08. The second kappa shape index (κ2) is 6.41. The smallest absolute Gasteiger partial charge is 0.241 e. The minimum atomic E-state index is -0.0270. The van der Waals surface area contributed by atoms with Crippen LogP contribution < -0.4 is 5.32 Å². The number of rotatable bonds is 4. The second-order valence-electron chi connectivity index (χ2n) is 6.42. The minimum absolute atomic E-state index is 0.0270. The SMILES string of the molecule is CC(C)CC1NC(c2ccccc2)N(C2CCSC2)C1=O. The Hall–Kier alpha value is -1.00. The van der Waals surface area contributed by atoms with Crippen molar-refractivity contribution in [2.75, 3.05) is 11.5 Å². The Morgan fingerprint density at radius 3 is 2.71 bits per heavy atom. The van der Waals surface area contributed by atoms with Crippen LogP contribution in [-0.4, -0.2) is 34.4 Å². The quantitative estimate of drug-likeness (QED) is 0.928. The van der Waals surface area contributed by atoms with Crippen LogP contribution in [0.15, 0.2) is 30.3 Å². The average molecular weight is 304 g/mol. The molecule has 3 unspecified atom stereocenters. The lowest BCUT2D eigenvalue weighted by molar-refractivity contribution is -0.132. The molecule has 0 aromatic heterocycles. The van der Waals surface area contributed by atoms with Crippen LogP contribution in [0.3, 0.4) is 0 Å². The summed E-state index contributed by atoms with van der Waals surface area (Å²) >= 11 is 1.96. The highest BCUT2D eigenvalue weighted by atomic mass is 32.2. The number of benzene rings is 1. The van der Waals surface area contributed by atoms with Crippen molar-refractivity contribution in [1.29, 1.82) is 0 Å². The van der Waals surface area contributed by atoms with E-state index in [-0.39, 0.29) is 12.2 Å². The highest BCUT2D eigenvalue weighted by molar-refractivity contribution is 7.99. The molecule has 0 saturated carbocycles. The van der Waals surface area contributed by atoms with Gasteiger partial charge in [0, 0.05) is 11.8 Å². The van der Waals surface area contributed by atoms with Crippen molar-refractivity contribution in [2.24, 2.45) is 5.92 Å². The molecule has 2 heterocycles. The molecule has 3 atom stereocenters. The zero-order chi connectivity index (χ0) is 14.8. The van der Waals surface area contributed by atoms with Crippen LogP contribution in [0.4, 0.5) is 0 Å². The fourth-order valence-electron chi connectivity index (χ4n) is 3.31. The van der Waals surface area contributed by atoms with Gasteiger partial charge >= 0.3 is 0 Å². The predicted molar refractivity (Wildman–Crippen MR) is 88.1 cm³/mol. The summed E-state index contributed by atoms with van der Waals surface area (Å²) in [6, 6.07) is 10.7. The van der Waals surface area contributed by atoms with Crippen molar-refractivity contribution in [1.82, 2.24) is 10.2 Å². The van der Waals surface area contributed by atoms with Crippen LogP contribution in [0.1, 0.15) is 38.4 Å². The fraction of sp³-hybridized carbons (Fsp3) is 0.588. The molecule has 0 aliphatic carbocycles. The summed E-state index contributed by atoms with van der Waals surface area (Å²) in [5.41, 5.74) is 1.20. The van der Waals surface area contributed by atoms with Crippen LogP contribution in [-0.2, 0) is 4.79 Å².